The van der Waals surface area contributed by atoms with Crippen molar-refractivity contribution < 1.29 is 22.7 Å². The fraction of sp³-hybridized carbons (Fsp3) is 0.833. The van der Waals surface area contributed by atoms with Crippen LogP contribution in [0.3, 0.4) is 0 Å². The average Bonchev–Trinajstić information content (AvgIpc) is 1.85. The van der Waals surface area contributed by atoms with Crippen LogP contribution >= 0.6 is 0 Å². The minimum Gasteiger partial charge on any atom is -0.377 e. The first-order valence-electron chi connectivity index (χ1n) is 3.11. The molecule has 0 rings (SSSR count). The normalized spacial score (nSPS) is 17.2. The van der Waals surface area contributed by atoms with Gasteiger partial charge in [0.15, 0.2) is 11.3 Å². The summed E-state index contributed by atoms with van der Waals surface area (Å²) in [7, 11) is 1.13. The van der Waals surface area contributed by atoms with Crippen LogP contribution in [0.1, 0.15) is 6.92 Å². The van der Waals surface area contributed by atoms with Crippen LogP contribution in [0.2, 0.25) is 0 Å². The average molecular weight is 185 g/mol. The minimum absolute atomic E-state index is 0.619. The second kappa shape index (κ2) is 3.40. The van der Waals surface area contributed by atoms with Crippen LogP contribution in [0.5, 0.6) is 0 Å². The molecule has 1 unspecified atom stereocenters. The molecule has 0 fully saturated rings. The van der Waals surface area contributed by atoms with Crippen molar-refractivity contribution in [2.45, 2.75) is 18.6 Å². The van der Waals surface area contributed by atoms with Crippen molar-refractivity contribution in [1.29, 1.82) is 0 Å². The van der Waals surface area contributed by atoms with Gasteiger partial charge in [0.25, 0.3) is 0 Å². The molecule has 0 amide bonds. The van der Waals surface area contributed by atoms with Crippen LogP contribution in [0.15, 0.2) is 0 Å². The number of rotatable bonds is 3. The standard InChI is InChI=1S/C6H10F3NO2/c1-5(10,6(7,8)9)4(11)3-12-2/h3,10H2,1-2H3. The number of alkyl halides is 3. The maximum Gasteiger partial charge on any atom is 0.413 e. The van der Waals surface area contributed by atoms with E-state index in [4.69, 9.17) is 5.73 Å². The van der Waals surface area contributed by atoms with Gasteiger partial charge in [-0.1, -0.05) is 0 Å². The van der Waals surface area contributed by atoms with Gasteiger partial charge in [0.2, 0.25) is 0 Å². The Morgan fingerprint density at radius 2 is 1.92 bits per heavy atom. The van der Waals surface area contributed by atoms with Crippen LogP contribution in [-0.4, -0.2) is 31.2 Å². The molecule has 0 spiro atoms. The maximum absolute atomic E-state index is 12.0. The van der Waals surface area contributed by atoms with E-state index in [-0.39, 0.29) is 0 Å². The Bertz CT molecular complexity index is 176. The van der Waals surface area contributed by atoms with E-state index in [1.54, 1.807) is 0 Å². The Morgan fingerprint density at radius 3 is 2.17 bits per heavy atom. The van der Waals surface area contributed by atoms with Crippen molar-refractivity contribution >= 4 is 5.78 Å². The lowest BCUT2D eigenvalue weighted by Gasteiger charge is -2.25. The lowest BCUT2D eigenvalue weighted by Crippen LogP contribution is -2.58. The summed E-state index contributed by atoms with van der Waals surface area (Å²) in [5.74, 6) is -1.18. The first kappa shape index (κ1) is 11.4. The van der Waals surface area contributed by atoms with Gasteiger partial charge >= 0.3 is 6.18 Å². The summed E-state index contributed by atoms with van der Waals surface area (Å²) in [4.78, 5) is 10.7. The van der Waals surface area contributed by atoms with Crippen LogP contribution < -0.4 is 5.73 Å². The first-order valence-corrected chi connectivity index (χ1v) is 3.11. The summed E-state index contributed by atoms with van der Waals surface area (Å²) in [5.41, 5.74) is 1.95. The summed E-state index contributed by atoms with van der Waals surface area (Å²) in [5, 5.41) is 0. The van der Waals surface area contributed by atoms with Crippen molar-refractivity contribution in [2.75, 3.05) is 13.7 Å². The molecule has 0 aromatic heterocycles. The lowest BCUT2D eigenvalue weighted by molar-refractivity contribution is -0.187. The van der Waals surface area contributed by atoms with E-state index in [0.717, 1.165) is 7.11 Å². The highest BCUT2D eigenvalue weighted by Crippen LogP contribution is 2.28. The molecule has 0 bridgehead atoms. The summed E-state index contributed by atoms with van der Waals surface area (Å²) < 4.78 is 40.3. The molecular formula is C6H10F3NO2. The maximum atomic E-state index is 12.0. The van der Waals surface area contributed by atoms with Gasteiger partial charge in [0, 0.05) is 7.11 Å². The van der Waals surface area contributed by atoms with Crippen molar-refractivity contribution in [3.63, 3.8) is 0 Å². The van der Waals surface area contributed by atoms with Crippen molar-refractivity contribution in [2.24, 2.45) is 5.73 Å². The third-order valence-corrected chi connectivity index (χ3v) is 1.44. The Labute approximate surface area is 67.7 Å². The number of hydrogen-bond acceptors (Lipinski definition) is 3. The van der Waals surface area contributed by atoms with Gasteiger partial charge in [-0.2, -0.15) is 13.2 Å². The zero-order chi connectivity index (χ0) is 9.99. The Kier molecular flexibility index (Phi) is 3.23. The SMILES string of the molecule is COCC(=O)C(C)(N)C(F)(F)F. The molecule has 72 valence electrons. The molecular weight excluding hydrogens is 175 g/mol. The molecule has 0 radical (unpaired) electrons. The van der Waals surface area contributed by atoms with Gasteiger partial charge in [-0.3, -0.25) is 4.79 Å². The van der Waals surface area contributed by atoms with Gasteiger partial charge in [-0.25, -0.2) is 0 Å². The minimum atomic E-state index is -4.73. The first-order chi connectivity index (χ1) is 5.23. The predicted molar refractivity (Wildman–Crippen MR) is 35.5 cm³/mol. The van der Waals surface area contributed by atoms with E-state index in [0.29, 0.717) is 6.92 Å². The van der Waals surface area contributed by atoms with Crippen molar-refractivity contribution in [3.05, 3.63) is 0 Å². The predicted octanol–water partition coefficient (Wildman–Crippen LogP) is 0.482. The second-order valence-corrected chi connectivity index (χ2v) is 2.56. The zero-order valence-corrected chi connectivity index (χ0v) is 6.73. The van der Waals surface area contributed by atoms with E-state index >= 15 is 0 Å². The number of ether oxygens (including phenoxy) is 1. The third kappa shape index (κ3) is 2.18. The zero-order valence-electron chi connectivity index (χ0n) is 6.73. The van der Waals surface area contributed by atoms with Crippen molar-refractivity contribution in [3.8, 4) is 0 Å². The second-order valence-electron chi connectivity index (χ2n) is 2.56. The number of Topliss-reactive ketones (excluding diaryl/α,β-unsaturated/α-hetero) is 1. The molecule has 1 atom stereocenters. The summed E-state index contributed by atoms with van der Waals surface area (Å²) in [6.07, 6.45) is -4.73. The van der Waals surface area contributed by atoms with Gasteiger partial charge in [0.1, 0.15) is 6.61 Å². The Balaban J connectivity index is 4.50. The molecule has 0 aliphatic carbocycles. The molecule has 0 aromatic carbocycles. The van der Waals surface area contributed by atoms with E-state index in [9.17, 15) is 18.0 Å². The van der Waals surface area contributed by atoms with Gasteiger partial charge in [0.05, 0.1) is 0 Å². The number of carbonyl (C=O) groups excluding carboxylic acids is 1. The van der Waals surface area contributed by atoms with Crippen molar-refractivity contribution in [1.82, 2.24) is 0 Å². The molecule has 0 heterocycles. The molecule has 3 nitrogen and oxygen atoms in total. The molecule has 6 heteroatoms. The molecule has 0 saturated carbocycles. The number of halogens is 3. The Hall–Kier alpha value is -0.620. The molecule has 2 N–H and O–H groups in total. The summed E-state index contributed by atoms with van der Waals surface area (Å²) in [6, 6.07) is 0. The van der Waals surface area contributed by atoms with Crippen LogP contribution in [0.4, 0.5) is 13.2 Å². The largest absolute Gasteiger partial charge is 0.413 e. The van der Waals surface area contributed by atoms with Gasteiger partial charge in [-0.15, -0.1) is 0 Å². The monoisotopic (exact) mass is 185 g/mol. The van der Waals surface area contributed by atoms with E-state index in [1.807, 2.05) is 0 Å². The molecule has 0 aliphatic rings. The summed E-state index contributed by atoms with van der Waals surface area (Å²) >= 11 is 0. The molecule has 0 aromatic rings. The van der Waals surface area contributed by atoms with Crippen LogP contribution in [-0.2, 0) is 9.53 Å². The number of carbonyl (C=O) groups is 1. The highest BCUT2D eigenvalue weighted by molar-refractivity contribution is 5.89. The fourth-order valence-electron chi connectivity index (χ4n) is 0.439. The number of hydrogen-bond donors (Lipinski definition) is 1. The molecule has 0 aliphatic heterocycles. The quantitative estimate of drug-likeness (QED) is 0.695. The number of ketones is 1. The van der Waals surface area contributed by atoms with Gasteiger partial charge in [-0.05, 0) is 6.92 Å². The molecule has 0 saturated heterocycles. The van der Waals surface area contributed by atoms with Crippen LogP contribution in [0.25, 0.3) is 0 Å². The summed E-state index contributed by atoms with van der Waals surface area (Å²) in [6.45, 7) is -0.0130. The van der Waals surface area contributed by atoms with E-state index < -0.39 is 24.1 Å². The number of methoxy groups -OCH3 is 1. The molecule has 12 heavy (non-hydrogen) atoms. The highest BCUT2D eigenvalue weighted by atomic mass is 19.4. The van der Waals surface area contributed by atoms with E-state index in [2.05, 4.69) is 4.74 Å². The van der Waals surface area contributed by atoms with E-state index in [1.165, 1.54) is 0 Å². The third-order valence-electron chi connectivity index (χ3n) is 1.44. The lowest BCUT2D eigenvalue weighted by atomic mass is 9.98. The number of nitrogens with two attached hydrogens (primary N) is 1. The topological polar surface area (TPSA) is 52.3 Å². The Morgan fingerprint density at radius 1 is 1.50 bits per heavy atom. The van der Waals surface area contributed by atoms with Gasteiger partial charge < -0.3 is 10.5 Å². The highest BCUT2D eigenvalue weighted by Gasteiger charge is 2.53. The fourth-order valence-corrected chi connectivity index (χ4v) is 0.439. The smallest absolute Gasteiger partial charge is 0.377 e. The van der Waals surface area contributed by atoms with Crippen LogP contribution in [0, 0.1) is 0 Å².